The van der Waals surface area contributed by atoms with Crippen LogP contribution in [0.4, 0.5) is 0 Å². The van der Waals surface area contributed by atoms with Gasteiger partial charge in [-0.25, -0.2) is 0 Å². The Hall–Kier alpha value is -1.92. The fourth-order valence-electron chi connectivity index (χ4n) is 3.88. The maximum Gasteiger partial charge on any atom is 0.234 e. The first-order valence-electron chi connectivity index (χ1n) is 8.59. The lowest BCUT2D eigenvalue weighted by atomic mass is 9.83. The number of thiocarbonyl (C=S) groups is 1. The van der Waals surface area contributed by atoms with Crippen molar-refractivity contribution in [2.75, 3.05) is 26.3 Å². The van der Waals surface area contributed by atoms with Gasteiger partial charge in [0, 0.05) is 18.8 Å². The molecule has 5 nitrogen and oxygen atoms in total. The Bertz CT molecular complexity index is 702. The van der Waals surface area contributed by atoms with Crippen LogP contribution in [0.2, 0.25) is 0 Å². The van der Waals surface area contributed by atoms with Gasteiger partial charge in [0.1, 0.15) is 5.92 Å². The molecule has 0 spiro atoms. The highest BCUT2D eigenvalue weighted by Crippen LogP contribution is 2.35. The lowest BCUT2D eigenvalue weighted by Gasteiger charge is -2.40. The lowest BCUT2D eigenvalue weighted by Crippen LogP contribution is -2.55. The van der Waals surface area contributed by atoms with Crippen LogP contribution in [-0.4, -0.2) is 42.2 Å². The van der Waals surface area contributed by atoms with Gasteiger partial charge in [-0.1, -0.05) is 24.3 Å². The van der Waals surface area contributed by atoms with Gasteiger partial charge < -0.3 is 20.3 Å². The highest BCUT2D eigenvalue weighted by molar-refractivity contribution is 7.80. The molecular formula is C19H25N3O2S. The third kappa shape index (κ3) is 3.55. The van der Waals surface area contributed by atoms with Crippen LogP contribution >= 0.6 is 12.2 Å². The van der Waals surface area contributed by atoms with Crippen LogP contribution in [0.15, 0.2) is 24.4 Å². The van der Waals surface area contributed by atoms with E-state index in [-0.39, 0.29) is 11.9 Å². The van der Waals surface area contributed by atoms with Crippen molar-refractivity contribution in [3.63, 3.8) is 0 Å². The van der Waals surface area contributed by atoms with E-state index in [9.17, 15) is 4.79 Å². The number of nitrogens with one attached hydrogen (secondary N) is 2. The van der Waals surface area contributed by atoms with Gasteiger partial charge in [0.25, 0.3) is 0 Å². The van der Waals surface area contributed by atoms with Gasteiger partial charge in [0.15, 0.2) is 5.11 Å². The molecule has 0 radical (unpaired) electrons. The molecule has 6 heteroatoms. The summed E-state index contributed by atoms with van der Waals surface area (Å²) in [6.45, 7) is 12.7. The Labute approximate surface area is 154 Å². The smallest absolute Gasteiger partial charge is 0.234 e. The first-order chi connectivity index (χ1) is 11.9. The maximum absolute atomic E-state index is 13.2. The van der Waals surface area contributed by atoms with E-state index in [0.717, 1.165) is 16.7 Å². The van der Waals surface area contributed by atoms with Gasteiger partial charge in [0.05, 0.1) is 19.3 Å². The van der Waals surface area contributed by atoms with E-state index >= 15 is 0 Å². The fourth-order valence-corrected chi connectivity index (χ4v) is 4.14. The summed E-state index contributed by atoms with van der Waals surface area (Å²) in [5.41, 5.74) is 5.32. The zero-order chi connectivity index (χ0) is 18.1. The number of carbonyl (C=O) groups excluding carboxylic acids is 1. The molecule has 1 aromatic rings. The van der Waals surface area contributed by atoms with Gasteiger partial charge in [-0.2, -0.15) is 0 Å². The fraction of sp³-hybridized carbons (Fsp3) is 0.474. The molecule has 2 fully saturated rings. The zero-order valence-electron chi connectivity index (χ0n) is 15.0. The number of hydrogen-bond acceptors (Lipinski definition) is 3. The van der Waals surface area contributed by atoms with Crippen molar-refractivity contribution < 1.29 is 9.53 Å². The minimum Gasteiger partial charge on any atom is -0.378 e. The van der Waals surface area contributed by atoms with Gasteiger partial charge >= 0.3 is 0 Å². The zero-order valence-corrected chi connectivity index (χ0v) is 15.8. The Morgan fingerprint density at radius 2 is 1.84 bits per heavy atom. The van der Waals surface area contributed by atoms with Crippen molar-refractivity contribution in [2.24, 2.45) is 5.92 Å². The number of rotatable bonds is 2. The van der Waals surface area contributed by atoms with Crippen LogP contribution < -0.4 is 10.6 Å². The maximum atomic E-state index is 13.2. The second-order valence-corrected chi connectivity index (χ2v) is 7.24. The Morgan fingerprint density at radius 3 is 2.44 bits per heavy atom. The molecule has 2 saturated heterocycles. The molecule has 1 aromatic carbocycles. The number of morpholine rings is 1. The summed E-state index contributed by atoms with van der Waals surface area (Å²) >= 11 is 5.34. The Balaban J connectivity index is 2.00. The summed E-state index contributed by atoms with van der Waals surface area (Å²) in [5, 5.41) is 6.88. The minimum absolute atomic E-state index is 0.0696. The average molecular weight is 359 g/mol. The Morgan fingerprint density at radius 1 is 1.24 bits per heavy atom. The summed E-state index contributed by atoms with van der Waals surface area (Å²) in [4.78, 5) is 15.1. The van der Waals surface area contributed by atoms with Gasteiger partial charge in [0.2, 0.25) is 5.91 Å². The van der Waals surface area contributed by atoms with Crippen LogP contribution in [0, 0.1) is 26.7 Å². The van der Waals surface area contributed by atoms with Crippen LogP contribution in [0.3, 0.4) is 0 Å². The molecule has 0 aliphatic carbocycles. The van der Waals surface area contributed by atoms with Crippen molar-refractivity contribution in [1.29, 1.82) is 0 Å². The normalized spacial score (nSPS) is 23.9. The number of ether oxygens (including phenoxy) is 1. The van der Waals surface area contributed by atoms with Crippen molar-refractivity contribution in [3.05, 3.63) is 46.7 Å². The van der Waals surface area contributed by atoms with Crippen LogP contribution in [0.25, 0.3) is 0 Å². The molecule has 0 unspecified atom stereocenters. The van der Waals surface area contributed by atoms with E-state index in [1.807, 2.05) is 4.90 Å². The van der Waals surface area contributed by atoms with Crippen molar-refractivity contribution in [1.82, 2.24) is 15.5 Å². The molecule has 0 saturated carbocycles. The molecule has 25 heavy (non-hydrogen) atoms. The summed E-state index contributed by atoms with van der Waals surface area (Å²) in [6, 6.07) is 4.08. The number of benzene rings is 1. The second-order valence-electron chi connectivity index (χ2n) is 6.83. The number of nitrogens with zero attached hydrogens (tertiary/aromatic N) is 1. The third-order valence-electron chi connectivity index (χ3n) is 4.91. The molecule has 2 aliphatic heterocycles. The minimum atomic E-state index is -0.398. The summed E-state index contributed by atoms with van der Waals surface area (Å²) in [6.07, 6.45) is 0. The molecule has 2 N–H and O–H groups in total. The third-order valence-corrected chi connectivity index (χ3v) is 5.13. The average Bonchev–Trinajstić information content (AvgIpc) is 2.54. The van der Waals surface area contributed by atoms with Crippen LogP contribution in [0.1, 0.15) is 28.3 Å². The molecule has 2 heterocycles. The number of aryl methyl sites for hydroxylation is 3. The highest BCUT2D eigenvalue weighted by Gasteiger charge is 2.40. The van der Waals surface area contributed by atoms with Crippen molar-refractivity contribution in [3.8, 4) is 0 Å². The molecule has 1 amide bonds. The van der Waals surface area contributed by atoms with E-state index in [2.05, 4.69) is 50.1 Å². The standard InChI is InChI=1S/C19H25N3O2S/c1-11-9-12(2)15(13(3)10-11)17-16(14(4)20-19(25)21-17)18(23)22-5-7-24-8-6-22/h9-10,16-17H,4-8H2,1-3H3,(H2,20,21,25)/t16-,17+/m1/s1. The van der Waals surface area contributed by atoms with Crippen molar-refractivity contribution >= 4 is 23.2 Å². The first kappa shape index (κ1) is 17.9. The van der Waals surface area contributed by atoms with Gasteiger partial charge in [-0.15, -0.1) is 0 Å². The number of carbonyl (C=O) groups is 1. The van der Waals surface area contributed by atoms with E-state index in [1.165, 1.54) is 5.56 Å². The molecule has 0 aromatic heterocycles. The van der Waals surface area contributed by atoms with Crippen molar-refractivity contribution in [2.45, 2.75) is 26.8 Å². The van der Waals surface area contributed by atoms with Gasteiger partial charge in [-0.05, 0) is 49.7 Å². The van der Waals surface area contributed by atoms with Gasteiger partial charge in [-0.3, -0.25) is 4.79 Å². The van der Waals surface area contributed by atoms with E-state index in [4.69, 9.17) is 17.0 Å². The van der Waals surface area contributed by atoms with Crippen LogP contribution in [-0.2, 0) is 9.53 Å². The molecule has 2 atom stereocenters. The second kappa shape index (κ2) is 7.14. The van der Waals surface area contributed by atoms with Crippen LogP contribution in [0.5, 0.6) is 0 Å². The quantitative estimate of drug-likeness (QED) is 0.792. The topological polar surface area (TPSA) is 53.6 Å². The predicted octanol–water partition coefficient (Wildman–Crippen LogP) is 2.12. The molecular weight excluding hydrogens is 334 g/mol. The SMILES string of the molecule is C=C1NC(=S)N[C@@H](c2c(C)cc(C)cc2C)[C@@H]1C(=O)N1CCOCC1. The summed E-state index contributed by atoms with van der Waals surface area (Å²) in [5.74, 6) is -0.329. The number of hydrogen-bond donors (Lipinski definition) is 2. The molecule has 3 rings (SSSR count). The summed E-state index contributed by atoms with van der Waals surface area (Å²) in [7, 11) is 0. The molecule has 0 bridgehead atoms. The van der Waals surface area contributed by atoms with E-state index in [0.29, 0.717) is 37.1 Å². The van der Waals surface area contributed by atoms with E-state index in [1.54, 1.807) is 0 Å². The largest absolute Gasteiger partial charge is 0.378 e. The van der Waals surface area contributed by atoms with E-state index < -0.39 is 5.92 Å². The Kier molecular flexibility index (Phi) is 5.11. The monoisotopic (exact) mass is 359 g/mol. The first-order valence-corrected chi connectivity index (χ1v) is 9.00. The number of amides is 1. The lowest BCUT2D eigenvalue weighted by molar-refractivity contribution is -0.139. The molecule has 2 aliphatic rings. The summed E-state index contributed by atoms with van der Waals surface area (Å²) < 4.78 is 5.38. The molecule has 134 valence electrons. The highest BCUT2D eigenvalue weighted by atomic mass is 32.1. The predicted molar refractivity (Wildman–Crippen MR) is 102 cm³/mol.